The number of aromatic nitrogens is 2. The first kappa shape index (κ1) is 17.3. The normalized spacial score (nSPS) is 10.5. The summed E-state index contributed by atoms with van der Waals surface area (Å²) in [5, 5.41) is 13.1. The number of esters is 1. The molecule has 26 heavy (non-hydrogen) atoms. The van der Waals surface area contributed by atoms with Crippen molar-refractivity contribution in [3.8, 4) is 0 Å². The topological polar surface area (TPSA) is 101 Å². The van der Waals surface area contributed by atoms with E-state index in [2.05, 4.69) is 15.3 Å². The molecule has 2 N–H and O–H groups in total. The fraction of sp³-hybridized carbons (Fsp3) is 0.158. The molecule has 7 heteroatoms. The van der Waals surface area contributed by atoms with Crippen LogP contribution in [0.5, 0.6) is 0 Å². The highest BCUT2D eigenvalue weighted by atomic mass is 16.5. The number of fused-ring (bicyclic) bond motifs is 1. The maximum atomic E-state index is 12.3. The molecule has 0 amide bonds. The van der Waals surface area contributed by atoms with E-state index in [1.54, 1.807) is 37.3 Å². The Morgan fingerprint density at radius 1 is 1.15 bits per heavy atom. The third-order valence-corrected chi connectivity index (χ3v) is 3.78. The van der Waals surface area contributed by atoms with Crippen LogP contribution in [0.25, 0.3) is 11.0 Å². The summed E-state index contributed by atoms with van der Waals surface area (Å²) in [5.41, 5.74) is 2.31. The zero-order chi connectivity index (χ0) is 18.7. The predicted octanol–water partition coefficient (Wildman–Crippen LogP) is 3.56. The highest BCUT2D eigenvalue weighted by Crippen LogP contribution is 2.30. The van der Waals surface area contributed by atoms with E-state index in [-0.39, 0.29) is 17.7 Å². The second kappa shape index (κ2) is 7.18. The molecule has 2 heterocycles. The summed E-state index contributed by atoms with van der Waals surface area (Å²) in [6, 6.07) is 10.1. The minimum absolute atomic E-state index is 0.0901. The lowest BCUT2D eigenvalue weighted by Crippen LogP contribution is -2.11. The van der Waals surface area contributed by atoms with Crippen molar-refractivity contribution < 1.29 is 19.4 Å². The SMILES string of the molecule is CCOC(=O)c1cnc2nc(C)ccc2c1Nc1ccccc1C(=O)O. The van der Waals surface area contributed by atoms with E-state index in [9.17, 15) is 14.7 Å². The minimum atomic E-state index is -1.07. The van der Waals surface area contributed by atoms with Crippen molar-refractivity contribution in [2.45, 2.75) is 13.8 Å². The second-order valence-corrected chi connectivity index (χ2v) is 5.57. The van der Waals surface area contributed by atoms with Crippen molar-refractivity contribution in [3.63, 3.8) is 0 Å². The second-order valence-electron chi connectivity index (χ2n) is 5.57. The number of pyridine rings is 2. The number of nitrogens with zero attached hydrogens (tertiary/aromatic N) is 2. The number of hydrogen-bond acceptors (Lipinski definition) is 6. The quantitative estimate of drug-likeness (QED) is 0.678. The molecule has 7 nitrogen and oxygen atoms in total. The summed E-state index contributed by atoms with van der Waals surface area (Å²) < 4.78 is 5.10. The van der Waals surface area contributed by atoms with Crippen LogP contribution in [0.4, 0.5) is 11.4 Å². The van der Waals surface area contributed by atoms with Gasteiger partial charge in [-0.15, -0.1) is 0 Å². The fourth-order valence-electron chi connectivity index (χ4n) is 2.58. The summed E-state index contributed by atoms with van der Waals surface area (Å²) in [4.78, 5) is 32.4. The number of ether oxygens (including phenoxy) is 1. The molecule has 0 fully saturated rings. The van der Waals surface area contributed by atoms with Crippen LogP contribution in [0.3, 0.4) is 0 Å². The van der Waals surface area contributed by atoms with E-state index in [1.807, 2.05) is 6.92 Å². The lowest BCUT2D eigenvalue weighted by Gasteiger charge is -2.15. The van der Waals surface area contributed by atoms with Crippen molar-refractivity contribution in [1.29, 1.82) is 0 Å². The van der Waals surface area contributed by atoms with Crippen molar-refractivity contribution >= 4 is 34.3 Å². The first-order valence-corrected chi connectivity index (χ1v) is 8.04. The molecule has 1 aromatic carbocycles. The predicted molar refractivity (Wildman–Crippen MR) is 96.9 cm³/mol. The summed E-state index contributed by atoms with van der Waals surface area (Å²) >= 11 is 0. The molecular weight excluding hydrogens is 334 g/mol. The molecular formula is C19H17N3O4. The van der Waals surface area contributed by atoms with Crippen molar-refractivity contribution in [1.82, 2.24) is 9.97 Å². The Morgan fingerprint density at radius 2 is 1.92 bits per heavy atom. The number of para-hydroxylation sites is 1. The summed E-state index contributed by atoms with van der Waals surface area (Å²) in [6.07, 6.45) is 1.39. The van der Waals surface area contributed by atoms with Crippen LogP contribution in [0.1, 0.15) is 33.3 Å². The Hall–Kier alpha value is -3.48. The number of nitrogens with one attached hydrogen (secondary N) is 1. The molecule has 3 rings (SSSR count). The number of carbonyl (C=O) groups excluding carboxylic acids is 1. The highest BCUT2D eigenvalue weighted by Gasteiger charge is 2.19. The molecule has 132 valence electrons. The molecule has 0 aliphatic heterocycles. The number of aromatic carboxylic acids is 1. The molecule has 0 radical (unpaired) electrons. The molecule has 3 aromatic rings. The first-order chi connectivity index (χ1) is 12.5. The van der Waals surface area contributed by atoms with E-state index in [1.165, 1.54) is 12.3 Å². The molecule has 0 saturated heterocycles. The fourth-order valence-corrected chi connectivity index (χ4v) is 2.58. The summed E-state index contributed by atoms with van der Waals surface area (Å²) in [6.45, 7) is 3.77. The third kappa shape index (κ3) is 3.32. The number of carboxylic acid groups (broad SMARTS) is 1. The van der Waals surface area contributed by atoms with Gasteiger partial charge in [0.15, 0.2) is 5.65 Å². The van der Waals surface area contributed by atoms with Crippen LogP contribution >= 0.6 is 0 Å². The Balaban J connectivity index is 2.20. The van der Waals surface area contributed by atoms with Crippen molar-refractivity contribution in [2.24, 2.45) is 0 Å². The number of carbonyl (C=O) groups is 2. The van der Waals surface area contributed by atoms with Crippen LogP contribution in [-0.2, 0) is 4.74 Å². The zero-order valence-corrected chi connectivity index (χ0v) is 14.3. The monoisotopic (exact) mass is 351 g/mol. The average Bonchev–Trinajstić information content (AvgIpc) is 2.62. The van der Waals surface area contributed by atoms with E-state index in [0.717, 1.165) is 5.69 Å². The van der Waals surface area contributed by atoms with E-state index in [0.29, 0.717) is 22.4 Å². The lowest BCUT2D eigenvalue weighted by molar-refractivity contribution is 0.0527. The lowest BCUT2D eigenvalue weighted by atomic mass is 10.1. The standard InChI is InChI=1S/C19H17N3O4/c1-3-26-19(25)14-10-20-17-13(9-8-11(2)21-17)16(14)22-15-7-5-4-6-12(15)18(23)24/h4-10H,3H2,1-2H3,(H,23,24)(H,20,21,22). The largest absolute Gasteiger partial charge is 0.478 e. The number of benzene rings is 1. The smallest absolute Gasteiger partial charge is 0.341 e. The molecule has 0 atom stereocenters. The van der Waals surface area contributed by atoms with E-state index in [4.69, 9.17) is 4.74 Å². The number of hydrogen-bond donors (Lipinski definition) is 2. The molecule has 0 saturated carbocycles. The average molecular weight is 351 g/mol. The Morgan fingerprint density at radius 3 is 2.65 bits per heavy atom. The van der Waals surface area contributed by atoms with Crippen LogP contribution < -0.4 is 5.32 Å². The number of rotatable bonds is 5. The molecule has 0 spiro atoms. The van der Waals surface area contributed by atoms with Gasteiger partial charge in [-0.05, 0) is 38.1 Å². The highest BCUT2D eigenvalue weighted by molar-refractivity contribution is 6.06. The van der Waals surface area contributed by atoms with Gasteiger partial charge in [-0.25, -0.2) is 19.6 Å². The Bertz CT molecular complexity index is 1000. The van der Waals surface area contributed by atoms with Gasteiger partial charge in [0, 0.05) is 17.3 Å². The molecule has 2 aromatic heterocycles. The van der Waals surface area contributed by atoms with Crippen LogP contribution in [0.15, 0.2) is 42.6 Å². The number of anilines is 2. The van der Waals surface area contributed by atoms with Gasteiger partial charge in [0.1, 0.15) is 5.56 Å². The molecule has 0 bridgehead atoms. The molecule has 0 unspecified atom stereocenters. The number of carboxylic acids is 1. The zero-order valence-electron chi connectivity index (χ0n) is 14.3. The van der Waals surface area contributed by atoms with E-state index >= 15 is 0 Å². The van der Waals surface area contributed by atoms with Crippen molar-refractivity contribution in [3.05, 3.63) is 59.4 Å². The Kier molecular flexibility index (Phi) is 4.79. The third-order valence-electron chi connectivity index (χ3n) is 3.78. The molecule has 0 aliphatic rings. The number of aryl methyl sites for hydroxylation is 1. The summed E-state index contributed by atoms with van der Waals surface area (Å²) in [7, 11) is 0. The van der Waals surface area contributed by atoms with Gasteiger partial charge in [0.05, 0.1) is 23.5 Å². The van der Waals surface area contributed by atoms with Gasteiger partial charge in [0.25, 0.3) is 0 Å². The van der Waals surface area contributed by atoms with Gasteiger partial charge < -0.3 is 15.2 Å². The van der Waals surface area contributed by atoms with Gasteiger partial charge in [0.2, 0.25) is 0 Å². The maximum absolute atomic E-state index is 12.3. The van der Waals surface area contributed by atoms with Gasteiger partial charge in [-0.3, -0.25) is 0 Å². The van der Waals surface area contributed by atoms with Gasteiger partial charge in [-0.1, -0.05) is 12.1 Å². The van der Waals surface area contributed by atoms with Crippen molar-refractivity contribution in [2.75, 3.05) is 11.9 Å². The maximum Gasteiger partial charge on any atom is 0.341 e. The Labute approximate surface area is 149 Å². The summed E-state index contributed by atoms with van der Waals surface area (Å²) in [5.74, 6) is -1.61. The van der Waals surface area contributed by atoms with Gasteiger partial charge >= 0.3 is 11.9 Å². The minimum Gasteiger partial charge on any atom is -0.478 e. The van der Waals surface area contributed by atoms with Gasteiger partial charge in [-0.2, -0.15) is 0 Å². The first-order valence-electron chi connectivity index (χ1n) is 8.04. The van der Waals surface area contributed by atoms with Crippen LogP contribution in [0, 0.1) is 6.92 Å². The van der Waals surface area contributed by atoms with Crippen LogP contribution in [0.2, 0.25) is 0 Å². The molecule has 0 aliphatic carbocycles. The van der Waals surface area contributed by atoms with E-state index < -0.39 is 11.9 Å². The van der Waals surface area contributed by atoms with Crippen LogP contribution in [-0.4, -0.2) is 33.6 Å².